The SMILES string of the molecule is Cc1ccc(C)c(S(=O)(=O)Nc2ccc(C(=O)OC(C)C(=O)NC(=O)NC(C)C)cc2)c1. The molecule has 10 heteroatoms. The Morgan fingerprint density at radius 2 is 1.56 bits per heavy atom. The molecule has 0 aliphatic rings. The van der Waals surface area contributed by atoms with Crippen molar-refractivity contribution < 1.29 is 27.5 Å². The molecule has 2 aromatic carbocycles. The smallest absolute Gasteiger partial charge is 0.338 e. The summed E-state index contributed by atoms with van der Waals surface area (Å²) in [6, 6.07) is 9.87. The Labute approximate surface area is 187 Å². The number of anilines is 1. The number of carbonyl (C=O) groups excluding carboxylic acids is 3. The first-order chi connectivity index (χ1) is 14.9. The molecule has 0 radical (unpaired) electrons. The molecule has 0 aromatic heterocycles. The van der Waals surface area contributed by atoms with Crippen molar-refractivity contribution in [2.24, 2.45) is 0 Å². The number of hydrogen-bond donors (Lipinski definition) is 3. The zero-order chi connectivity index (χ0) is 24.1. The third-order valence-corrected chi connectivity index (χ3v) is 5.84. The fourth-order valence-corrected chi connectivity index (χ4v) is 4.06. The van der Waals surface area contributed by atoms with E-state index >= 15 is 0 Å². The van der Waals surface area contributed by atoms with E-state index in [0.717, 1.165) is 5.56 Å². The molecule has 0 aliphatic heterocycles. The lowest BCUT2D eigenvalue weighted by molar-refractivity contribution is -0.127. The number of imide groups is 1. The molecular formula is C22H27N3O6S. The first kappa shape index (κ1) is 24.9. The van der Waals surface area contributed by atoms with Crippen LogP contribution in [0.3, 0.4) is 0 Å². The van der Waals surface area contributed by atoms with Gasteiger partial charge in [0, 0.05) is 11.7 Å². The molecule has 2 aromatic rings. The summed E-state index contributed by atoms with van der Waals surface area (Å²) >= 11 is 0. The van der Waals surface area contributed by atoms with Gasteiger partial charge >= 0.3 is 12.0 Å². The van der Waals surface area contributed by atoms with Gasteiger partial charge in [0.05, 0.1) is 10.5 Å². The first-order valence-corrected chi connectivity index (χ1v) is 11.4. The van der Waals surface area contributed by atoms with Crippen LogP contribution in [0.5, 0.6) is 0 Å². The monoisotopic (exact) mass is 461 g/mol. The molecule has 3 N–H and O–H groups in total. The number of ether oxygens (including phenoxy) is 1. The summed E-state index contributed by atoms with van der Waals surface area (Å²) in [5, 5.41) is 4.57. The van der Waals surface area contributed by atoms with Gasteiger partial charge in [-0.3, -0.25) is 14.8 Å². The van der Waals surface area contributed by atoms with E-state index in [1.54, 1.807) is 39.8 Å². The fraction of sp³-hybridized carbons (Fsp3) is 0.318. The summed E-state index contributed by atoms with van der Waals surface area (Å²) in [6.07, 6.45) is -1.21. The van der Waals surface area contributed by atoms with Crippen LogP contribution in [-0.2, 0) is 19.6 Å². The molecule has 32 heavy (non-hydrogen) atoms. The lowest BCUT2D eigenvalue weighted by Gasteiger charge is -2.15. The van der Waals surface area contributed by atoms with E-state index in [0.29, 0.717) is 5.56 Å². The molecule has 0 spiro atoms. The van der Waals surface area contributed by atoms with Gasteiger partial charge in [-0.2, -0.15) is 0 Å². The van der Waals surface area contributed by atoms with Gasteiger partial charge in [-0.15, -0.1) is 0 Å². The van der Waals surface area contributed by atoms with Crippen LogP contribution < -0.4 is 15.4 Å². The van der Waals surface area contributed by atoms with Crippen molar-refractivity contribution in [1.82, 2.24) is 10.6 Å². The summed E-state index contributed by atoms with van der Waals surface area (Å²) in [6.45, 7) is 8.31. The maximum atomic E-state index is 12.7. The number of hydrogen-bond acceptors (Lipinski definition) is 6. The van der Waals surface area contributed by atoms with Crippen molar-refractivity contribution in [2.45, 2.75) is 51.7 Å². The number of rotatable bonds is 7. The van der Waals surface area contributed by atoms with E-state index < -0.39 is 34.0 Å². The number of aryl methyl sites for hydroxylation is 2. The minimum Gasteiger partial charge on any atom is -0.449 e. The highest BCUT2D eigenvalue weighted by Crippen LogP contribution is 2.21. The summed E-state index contributed by atoms with van der Waals surface area (Å²) in [4.78, 5) is 36.0. The van der Waals surface area contributed by atoms with E-state index in [-0.39, 0.29) is 22.2 Å². The molecule has 2 rings (SSSR count). The van der Waals surface area contributed by atoms with E-state index in [1.807, 2.05) is 6.07 Å². The second kappa shape index (κ2) is 10.3. The number of carbonyl (C=O) groups is 3. The highest BCUT2D eigenvalue weighted by molar-refractivity contribution is 7.92. The van der Waals surface area contributed by atoms with E-state index in [1.165, 1.54) is 31.2 Å². The predicted molar refractivity (Wildman–Crippen MR) is 120 cm³/mol. The van der Waals surface area contributed by atoms with Crippen LogP contribution in [-0.4, -0.2) is 38.5 Å². The molecule has 0 saturated heterocycles. The van der Waals surface area contributed by atoms with Gasteiger partial charge in [0.2, 0.25) is 0 Å². The Morgan fingerprint density at radius 3 is 2.16 bits per heavy atom. The molecule has 172 valence electrons. The van der Waals surface area contributed by atoms with Gasteiger partial charge in [-0.25, -0.2) is 18.0 Å². The fourth-order valence-electron chi connectivity index (χ4n) is 2.68. The van der Waals surface area contributed by atoms with Crippen LogP contribution in [0, 0.1) is 13.8 Å². The topological polar surface area (TPSA) is 131 Å². The highest BCUT2D eigenvalue weighted by atomic mass is 32.2. The van der Waals surface area contributed by atoms with Crippen LogP contribution in [0.1, 0.15) is 42.3 Å². The van der Waals surface area contributed by atoms with E-state index in [2.05, 4.69) is 15.4 Å². The quantitative estimate of drug-likeness (QED) is 0.544. The minimum absolute atomic E-state index is 0.117. The van der Waals surface area contributed by atoms with Crippen LogP contribution >= 0.6 is 0 Å². The minimum atomic E-state index is -3.81. The molecular weight excluding hydrogens is 434 g/mol. The zero-order valence-corrected chi connectivity index (χ0v) is 19.4. The third kappa shape index (κ3) is 6.81. The zero-order valence-electron chi connectivity index (χ0n) is 18.6. The summed E-state index contributed by atoms with van der Waals surface area (Å²) in [7, 11) is -3.81. The van der Waals surface area contributed by atoms with Crippen LogP contribution in [0.2, 0.25) is 0 Å². The highest BCUT2D eigenvalue weighted by Gasteiger charge is 2.22. The molecule has 1 unspecified atom stereocenters. The molecule has 0 saturated carbocycles. The molecule has 0 heterocycles. The normalized spacial score (nSPS) is 12.1. The third-order valence-electron chi connectivity index (χ3n) is 4.32. The average molecular weight is 462 g/mol. The second-order valence-electron chi connectivity index (χ2n) is 7.62. The van der Waals surface area contributed by atoms with Crippen molar-refractivity contribution in [3.8, 4) is 0 Å². The largest absolute Gasteiger partial charge is 0.449 e. The molecule has 3 amide bonds. The van der Waals surface area contributed by atoms with Crippen molar-refractivity contribution >= 4 is 33.6 Å². The second-order valence-corrected chi connectivity index (χ2v) is 9.27. The van der Waals surface area contributed by atoms with Crippen LogP contribution in [0.4, 0.5) is 10.5 Å². The van der Waals surface area contributed by atoms with Crippen LogP contribution in [0.25, 0.3) is 0 Å². The molecule has 9 nitrogen and oxygen atoms in total. The molecule has 0 aliphatic carbocycles. The maximum Gasteiger partial charge on any atom is 0.338 e. The van der Waals surface area contributed by atoms with E-state index in [4.69, 9.17) is 4.74 Å². The first-order valence-electron chi connectivity index (χ1n) is 9.91. The number of sulfonamides is 1. The van der Waals surface area contributed by atoms with Gasteiger partial charge < -0.3 is 10.1 Å². The lowest BCUT2D eigenvalue weighted by atomic mass is 10.2. The predicted octanol–water partition coefficient (Wildman–Crippen LogP) is 2.88. The standard InChI is InChI=1S/C22H27N3O6S/c1-13(2)23-22(28)24-20(26)16(5)31-21(27)17-8-10-18(11-9-17)25-32(29,30)19-12-14(3)6-7-15(19)4/h6-13,16,25H,1-5H3,(H2,23,24,26,28). The van der Waals surface area contributed by atoms with Crippen molar-refractivity contribution in [3.63, 3.8) is 0 Å². The average Bonchev–Trinajstić information content (AvgIpc) is 2.69. The Bertz CT molecular complexity index is 1110. The van der Waals surface area contributed by atoms with Crippen LogP contribution in [0.15, 0.2) is 47.4 Å². The lowest BCUT2D eigenvalue weighted by Crippen LogP contribution is -2.46. The van der Waals surface area contributed by atoms with Gasteiger partial charge in [0.15, 0.2) is 6.10 Å². The number of nitrogens with one attached hydrogen (secondary N) is 3. The summed E-state index contributed by atoms with van der Waals surface area (Å²) < 4.78 is 32.9. The molecule has 1 atom stereocenters. The van der Waals surface area contributed by atoms with Crippen molar-refractivity contribution in [1.29, 1.82) is 0 Å². The number of amides is 3. The molecule has 0 fully saturated rings. The number of urea groups is 1. The Balaban J connectivity index is 2.02. The maximum absolute atomic E-state index is 12.7. The Morgan fingerprint density at radius 1 is 0.938 bits per heavy atom. The van der Waals surface area contributed by atoms with Gasteiger partial charge in [0.1, 0.15) is 0 Å². The van der Waals surface area contributed by atoms with Gasteiger partial charge in [-0.05, 0) is 76.1 Å². The number of esters is 1. The van der Waals surface area contributed by atoms with Crippen molar-refractivity contribution in [2.75, 3.05) is 4.72 Å². The Hall–Kier alpha value is -3.40. The van der Waals surface area contributed by atoms with Gasteiger partial charge in [-0.1, -0.05) is 12.1 Å². The molecule has 0 bridgehead atoms. The van der Waals surface area contributed by atoms with Gasteiger partial charge in [0.25, 0.3) is 15.9 Å². The summed E-state index contributed by atoms with van der Waals surface area (Å²) in [5.74, 6) is -1.56. The summed E-state index contributed by atoms with van der Waals surface area (Å²) in [5.41, 5.74) is 1.80. The van der Waals surface area contributed by atoms with E-state index in [9.17, 15) is 22.8 Å². The van der Waals surface area contributed by atoms with Crippen molar-refractivity contribution in [3.05, 3.63) is 59.2 Å². The number of benzene rings is 2. The Kier molecular flexibility index (Phi) is 7.98.